The molecule has 0 saturated heterocycles. The third-order valence-electron chi connectivity index (χ3n) is 3.54. The Morgan fingerprint density at radius 3 is 2.83 bits per heavy atom. The Bertz CT molecular complexity index is 799. The quantitative estimate of drug-likeness (QED) is 0.706. The average molecular weight is 343 g/mol. The Morgan fingerprint density at radius 2 is 2.12 bits per heavy atom. The molecule has 1 unspecified atom stereocenters. The third kappa shape index (κ3) is 3.84. The van der Waals surface area contributed by atoms with Crippen LogP contribution in [0.15, 0.2) is 47.2 Å². The molecule has 2 aromatic heterocycles. The van der Waals surface area contributed by atoms with Crippen molar-refractivity contribution in [1.82, 2.24) is 25.5 Å². The number of carbonyl (C=O) groups is 1. The molecule has 1 atom stereocenters. The van der Waals surface area contributed by atoms with Crippen molar-refractivity contribution in [3.8, 4) is 11.4 Å². The normalized spacial score (nSPS) is 13.4. The van der Waals surface area contributed by atoms with Crippen LogP contribution in [-0.4, -0.2) is 37.8 Å². The number of carbonyl (C=O) groups excluding carboxylic acids is 1. The fourth-order valence-electron chi connectivity index (χ4n) is 2.14. The predicted molar refractivity (Wildman–Crippen MR) is 90.2 cm³/mol. The van der Waals surface area contributed by atoms with E-state index in [1.54, 1.807) is 6.92 Å². The Balaban J connectivity index is 1.57. The minimum atomic E-state index is -1.11. The fraction of sp³-hybridized carbons (Fsp3) is 0.250. The maximum absolute atomic E-state index is 12.0. The summed E-state index contributed by atoms with van der Waals surface area (Å²) in [6, 6.07) is 11.3. The van der Waals surface area contributed by atoms with Crippen LogP contribution in [0.4, 0.5) is 0 Å². The predicted octanol–water partition coefficient (Wildman–Crippen LogP) is 1.43. The highest BCUT2D eigenvalue weighted by atomic mass is 32.1. The summed E-state index contributed by atoms with van der Waals surface area (Å²) in [4.78, 5) is 13.3. The average Bonchev–Trinajstić information content (AvgIpc) is 3.26. The van der Waals surface area contributed by atoms with Gasteiger partial charge in [0, 0.05) is 5.56 Å². The third-order valence-corrected chi connectivity index (χ3v) is 4.23. The number of benzene rings is 1. The van der Waals surface area contributed by atoms with E-state index in [9.17, 15) is 9.90 Å². The first kappa shape index (κ1) is 16.3. The van der Waals surface area contributed by atoms with Crippen molar-refractivity contribution in [2.24, 2.45) is 0 Å². The highest BCUT2D eigenvalue weighted by Gasteiger charge is 2.24. The van der Waals surface area contributed by atoms with Crippen LogP contribution in [0.2, 0.25) is 0 Å². The van der Waals surface area contributed by atoms with E-state index in [1.807, 2.05) is 47.2 Å². The number of tetrazole rings is 1. The number of amides is 1. The first-order valence-electron chi connectivity index (χ1n) is 7.39. The van der Waals surface area contributed by atoms with Crippen LogP contribution in [0.3, 0.4) is 0 Å². The molecule has 124 valence electrons. The fourth-order valence-corrected chi connectivity index (χ4v) is 2.92. The van der Waals surface area contributed by atoms with Gasteiger partial charge in [-0.1, -0.05) is 30.3 Å². The lowest BCUT2D eigenvalue weighted by Gasteiger charge is -2.22. The number of hydrogen-bond acceptors (Lipinski definition) is 6. The number of nitrogens with one attached hydrogen (secondary N) is 1. The largest absolute Gasteiger partial charge is 0.384 e. The number of rotatable bonds is 6. The van der Waals surface area contributed by atoms with E-state index in [0.717, 1.165) is 11.1 Å². The summed E-state index contributed by atoms with van der Waals surface area (Å²) in [6.07, 6.45) is 0. The standard InChI is InChI=1S/C16H17N5O2S/c1-16(23,13-7-8-24-10-13)11-17-14(22)9-21-19-15(18-20-21)12-5-3-2-4-6-12/h2-8,10,23H,9,11H2,1H3,(H,17,22). The molecule has 8 heteroatoms. The van der Waals surface area contributed by atoms with Crippen LogP contribution in [0, 0.1) is 0 Å². The van der Waals surface area contributed by atoms with Crippen molar-refractivity contribution in [3.63, 3.8) is 0 Å². The maximum atomic E-state index is 12.0. The zero-order valence-electron chi connectivity index (χ0n) is 13.1. The minimum absolute atomic E-state index is 0.0560. The second kappa shape index (κ2) is 6.90. The number of aliphatic hydroxyl groups is 1. The molecule has 1 amide bonds. The highest BCUT2D eigenvalue weighted by molar-refractivity contribution is 7.08. The Kier molecular flexibility index (Phi) is 4.68. The molecule has 3 aromatic rings. The van der Waals surface area contributed by atoms with Crippen LogP contribution in [0.5, 0.6) is 0 Å². The zero-order chi connectivity index (χ0) is 17.0. The van der Waals surface area contributed by atoms with Gasteiger partial charge in [-0.2, -0.15) is 16.1 Å². The first-order valence-corrected chi connectivity index (χ1v) is 8.34. The SMILES string of the molecule is CC(O)(CNC(=O)Cn1nnc(-c2ccccc2)n1)c1ccsc1. The summed E-state index contributed by atoms with van der Waals surface area (Å²) >= 11 is 1.50. The second-order valence-corrected chi connectivity index (χ2v) is 6.35. The summed E-state index contributed by atoms with van der Waals surface area (Å²) < 4.78 is 0. The topological polar surface area (TPSA) is 92.9 Å². The van der Waals surface area contributed by atoms with E-state index < -0.39 is 5.60 Å². The monoisotopic (exact) mass is 343 g/mol. The van der Waals surface area contributed by atoms with Crippen molar-refractivity contribution in [2.45, 2.75) is 19.1 Å². The van der Waals surface area contributed by atoms with Gasteiger partial charge in [-0.15, -0.1) is 10.2 Å². The summed E-state index contributed by atoms with van der Waals surface area (Å²) in [5.74, 6) is 0.177. The summed E-state index contributed by atoms with van der Waals surface area (Å²) in [5, 5.41) is 28.8. The van der Waals surface area contributed by atoms with Gasteiger partial charge in [0.05, 0.1) is 6.54 Å². The van der Waals surface area contributed by atoms with Crippen molar-refractivity contribution < 1.29 is 9.90 Å². The smallest absolute Gasteiger partial charge is 0.243 e. The highest BCUT2D eigenvalue weighted by Crippen LogP contribution is 2.21. The van der Waals surface area contributed by atoms with Crippen LogP contribution in [-0.2, 0) is 16.9 Å². The van der Waals surface area contributed by atoms with Crippen molar-refractivity contribution >= 4 is 17.2 Å². The second-order valence-electron chi connectivity index (χ2n) is 5.57. The van der Waals surface area contributed by atoms with Crippen molar-refractivity contribution in [3.05, 3.63) is 52.7 Å². The van der Waals surface area contributed by atoms with E-state index in [2.05, 4.69) is 20.7 Å². The molecule has 1 aromatic carbocycles. The molecule has 0 saturated carbocycles. The van der Waals surface area contributed by atoms with Gasteiger partial charge in [-0.3, -0.25) is 4.79 Å². The number of aromatic nitrogens is 4. The summed E-state index contributed by atoms with van der Waals surface area (Å²) in [6.45, 7) is 1.72. The molecule has 0 radical (unpaired) electrons. The van der Waals surface area contributed by atoms with Crippen LogP contribution in [0.1, 0.15) is 12.5 Å². The Hall–Kier alpha value is -2.58. The van der Waals surface area contributed by atoms with Gasteiger partial charge in [0.1, 0.15) is 12.1 Å². The zero-order valence-corrected chi connectivity index (χ0v) is 13.9. The molecular formula is C16H17N5O2S. The van der Waals surface area contributed by atoms with E-state index in [0.29, 0.717) is 5.82 Å². The summed E-state index contributed by atoms with van der Waals surface area (Å²) in [5.41, 5.74) is 0.503. The van der Waals surface area contributed by atoms with Gasteiger partial charge in [0.15, 0.2) is 0 Å². The molecule has 24 heavy (non-hydrogen) atoms. The van der Waals surface area contributed by atoms with E-state index >= 15 is 0 Å². The van der Waals surface area contributed by atoms with E-state index in [-0.39, 0.29) is 19.0 Å². The lowest BCUT2D eigenvalue weighted by Crippen LogP contribution is -2.40. The molecule has 7 nitrogen and oxygen atoms in total. The Labute approximate surface area is 142 Å². The molecular weight excluding hydrogens is 326 g/mol. The van der Waals surface area contributed by atoms with Gasteiger partial charge < -0.3 is 10.4 Å². The molecule has 0 aliphatic rings. The minimum Gasteiger partial charge on any atom is -0.384 e. The lowest BCUT2D eigenvalue weighted by molar-refractivity contribution is -0.123. The van der Waals surface area contributed by atoms with Crippen LogP contribution >= 0.6 is 11.3 Å². The van der Waals surface area contributed by atoms with Gasteiger partial charge >= 0.3 is 0 Å². The Morgan fingerprint density at radius 1 is 1.33 bits per heavy atom. The van der Waals surface area contributed by atoms with Crippen LogP contribution < -0.4 is 5.32 Å². The van der Waals surface area contributed by atoms with Gasteiger partial charge in [0.2, 0.25) is 11.7 Å². The molecule has 0 aliphatic carbocycles. The van der Waals surface area contributed by atoms with Crippen LogP contribution in [0.25, 0.3) is 11.4 Å². The molecule has 0 bridgehead atoms. The first-order chi connectivity index (χ1) is 11.5. The van der Waals surface area contributed by atoms with Gasteiger partial charge in [-0.25, -0.2) is 0 Å². The van der Waals surface area contributed by atoms with Crippen molar-refractivity contribution in [1.29, 1.82) is 0 Å². The van der Waals surface area contributed by atoms with Gasteiger partial charge in [0.25, 0.3) is 0 Å². The van der Waals surface area contributed by atoms with E-state index in [4.69, 9.17) is 0 Å². The van der Waals surface area contributed by atoms with Crippen molar-refractivity contribution in [2.75, 3.05) is 6.54 Å². The molecule has 0 aliphatic heterocycles. The summed E-state index contributed by atoms with van der Waals surface area (Å²) in [7, 11) is 0. The number of nitrogens with zero attached hydrogens (tertiary/aromatic N) is 4. The maximum Gasteiger partial charge on any atom is 0.243 e. The number of hydrogen-bond donors (Lipinski definition) is 2. The molecule has 0 spiro atoms. The van der Waals surface area contributed by atoms with E-state index in [1.165, 1.54) is 16.1 Å². The molecule has 3 rings (SSSR count). The number of thiophene rings is 1. The molecule has 2 N–H and O–H groups in total. The lowest BCUT2D eigenvalue weighted by atomic mass is 9.99. The molecule has 0 fully saturated rings. The molecule has 2 heterocycles. The van der Waals surface area contributed by atoms with Gasteiger partial charge in [-0.05, 0) is 34.5 Å².